The standard InChI is InChI=1S/C21H28N6OS.HI/c1-3-20-26-25-16-27(20)13-12-23-21(24-15-19-5-4-14-29-19)22-11-10-17-6-8-18(28-2)9-7-17;/h4-9,14,16H,3,10-13,15H2,1-2H3,(H2,22,23,24);1H. The van der Waals surface area contributed by atoms with E-state index >= 15 is 0 Å². The van der Waals surface area contributed by atoms with Crippen LogP contribution in [0.2, 0.25) is 0 Å². The molecule has 30 heavy (non-hydrogen) atoms. The number of hydrogen-bond donors (Lipinski definition) is 2. The minimum absolute atomic E-state index is 0. The number of guanidine groups is 1. The molecule has 3 rings (SSSR count). The largest absolute Gasteiger partial charge is 0.497 e. The molecule has 2 aromatic heterocycles. The number of hydrogen-bond acceptors (Lipinski definition) is 5. The topological polar surface area (TPSA) is 76.4 Å². The summed E-state index contributed by atoms with van der Waals surface area (Å²) >= 11 is 1.72. The first-order chi connectivity index (χ1) is 14.3. The van der Waals surface area contributed by atoms with Crippen LogP contribution in [0.3, 0.4) is 0 Å². The summed E-state index contributed by atoms with van der Waals surface area (Å²) < 4.78 is 7.29. The van der Waals surface area contributed by atoms with Gasteiger partial charge in [0.15, 0.2) is 5.96 Å². The van der Waals surface area contributed by atoms with E-state index in [0.717, 1.165) is 50.0 Å². The third-order valence-corrected chi connectivity index (χ3v) is 5.36. The minimum atomic E-state index is 0. The van der Waals surface area contributed by atoms with Crippen molar-refractivity contribution in [3.05, 3.63) is 64.4 Å². The van der Waals surface area contributed by atoms with Gasteiger partial charge in [0.2, 0.25) is 0 Å². The zero-order valence-electron chi connectivity index (χ0n) is 17.4. The first-order valence-corrected chi connectivity index (χ1v) is 10.7. The molecule has 2 N–H and O–H groups in total. The third kappa shape index (κ3) is 7.60. The highest BCUT2D eigenvalue weighted by Gasteiger charge is 2.04. The Labute approximate surface area is 199 Å². The lowest BCUT2D eigenvalue weighted by molar-refractivity contribution is 0.414. The summed E-state index contributed by atoms with van der Waals surface area (Å²) in [6.45, 7) is 5.11. The molecule has 0 aliphatic heterocycles. The molecule has 0 spiro atoms. The molecule has 0 fully saturated rings. The molecular weight excluding hydrogens is 511 g/mol. The normalized spacial score (nSPS) is 11.1. The van der Waals surface area contributed by atoms with E-state index in [9.17, 15) is 0 Å². The Morgan fingerprint density at radius 1 is 1.17 bits per heavy atom. The molecule has 9 heteroatoms. The number of thiophene rings is 1. The van der Waals surface area contributed by atoms with Gasteiger partial charge in [-0.25, -0.2) is 4.99 Å². The highest BCUT2D eigenvalue weighted by molar-refractivity contribution is 14.0. The van der Waals surface area contributed by atoms with Gasteiger partial charge in [-0.05, 0) is 35.6 Å². The number of nitrogens with one attached hydrogen (secondary N) is 2. The number of nitrogens with zero attached hydrogens (tertiary/aromatic N) is 4. The summed E-state index contributed by atoms with van der Waals surface area (Å²) in [5.74, 6) is 2.69. The van der Waals surface area contributed by atoms with E-state index in [1.165, 1.54) is 10.4 Å². The fraction of sp³-hybridized carbons (Fsp3) is 0.381. The lowest BCUT2D eigenvalue weighted by atomic mass is 10.1. The number of aromatic nitrogens is 3. The molecular formula is C21H29IN6OS. The average Bonchev–Trinajstić information content (AvgIpc) is 3.44. The molecule has 1 aromatic carbocycles. The van der Waals surface area contributed by atoms with Gasteiger partial charge < -0.3 is 19.9 Å². The lowest BCUT2D eigenvalue weighted by Gasteiger charge is -2.13. The van der Waals surface area contributed by atoms with E-state index in [2.05, 4.69) is 62.0 Å². The molecule has 0 radical (unpaired) electrons. The zero-order chi connectivity index (χ0) is 20.3. The Bertz CT molecular complexity index is 879. The maximum atomic E-state index is 5.22. The van der Waals surface area contributed by atoms with E-state index in [4.69, 9.17) is 9.73 Å². The molecule has 0 aliphatic rings. The van der Waals surface area contributed by atoms with Crippen LogP contribution in [-0.2, 0) is 25.9 Å². The second kappa shape index (κ2) is 13.2. The maximum absolute atomic E-state index is 5.22. The summed E-state index contributed by atoms with van der Waals surface area (Å²) in [6, 6.07) is 12.3. The second-order valence-corrected chi connectivity index (χ2v) is 7.52. The average molecular weight is 540 g/mol. The molecule has 0 saturated heterocycles. The van der Waals surface area contributed by atoms with E-state index in [-0.39, 0.29) is 24.0 Å². The van der Waals surface area contributed by atoms with Crippen LogP contribution in [0.5, 0.6) is 5.75 Å². The Morgan fingerprint density at radius 2 is 1.97 bits per heavy atom. The Kier molecular flexibility index (Phi) is 10.6. The number of halogens is 1. The predicted molar refractivity (Wildman–Crippen MR) is 133 cm³/mol. The molecule has 0 amide bonds. The molecule has 3 aromatic rings. The van der Waals surface area contributed by atoms with Crippen LogP contribution in [0.4, 0.5) is 0 Å². The van der Waals surface area contributed by atoms with Gasteiger partial charge in [-0.1, -0.05) is 25.1 Å². The van der Waals surface area contributed by atoms with Crippen LogP contribution in [0.25, 0.3) is 0 Å². The fourth-order valence-electron chi connectivity index (χ4n) is 2.89. The molecule has 0 saturated carbocycles. The van der Waals surface area contributed by atoms with Crippen molar-refractivity contribution in [2.24, 2.45) is 4.99 Å². The van der Waals surface area contributed by atoms with Crippen molar-refractivity contribution < 1.29 is 4.74 Å². The minimum Gasteiger partial charge on any atom is -0.497 e. The smallest absolute Gasteiger partial charge is 0.191 e. The third-order valence-electron chi connectivity index (χ3n) is 4.50. The van der Waals surface area contributed by atoms with Gasteiger partial charge in [0.1, 0.15) is 17.9 Å². The van der Waals surface area contributed by atoms with E-state index < -0.39 is 0 Å². The molecule has 162 valence electrons. The van der Waals surface area contributed by atoms with Crippen molar-refractivity contribution in [1.82, 2.24) is 25.4 Å². The number of rotatable bonds is 10. The van der Waals surface area contributed by atoms with Crippen molar-refractivity contribution in [2.45, 2.75) is 32.9 Å². The van der Waals surface area contributed by atoms with Crippen molar-refractivity contribution in [1.29, 1.82) is 0 Å². The van der Waals surface area contributed by atoms with Gasteiger partial charge >= 0.3 is 0 Å². The van der Waals surface area contributed by atoms with Crippen LogP contribution in [0.15, 0.2) is 53.1 Å². The number of benzene rings is 1. The van der Waals surface area contributed by atoms with Crippen LogP contribution >= 0.6 is 35.3 Å². The van der Waals surface area contributed by atoms with Crippen LogP contribution in [0.1, 0.15) is 23.2 Å². The summed E-state index contributed by atoms with van der Waals surface area (Å²) in [5, 5.41) is 17.1. The summed E-state index contributed by atoms with van der Waals surface area (Å²) in [4.78, 5) is 5.97. The quantitative estimate of drug-likeness (QED) is 0.234. The first-order valence-electron chi connectivity index (χ1n) is 9.82. The number of ether oxygens (including phenoxy) is 1. The van der Waals surface area contributed by atoms with E-state index in [1.54, 1.807) is 24.8 Å². The molecule has 0 aliphatic carbocycles. The van der Waals surface area contributed by atoms with Gasteiger partial charge in [0, 0.05) is 30.9 Å². The molecule has 2 heterocycles. The number of aryl methyl sites for hydroxylation is 1. The summed E-state index contributed by atoms with van der Waals surface area (Å²) in [5.41, 5.74) is 1.26. The van der Waals surface area contributed by atoms with Crippen molar-refractivity contribution >= 4 is 41.3 Å². The molecule has 0 bridgehead atoms. The van der Waals surface area contributed by atoms with Crippen molar-refractivity contribution in [3.8, 4) is 5.75 Å². The maximum Gasteiger partial charge on any atom is 0.191 e. The van der Waals surface area contributed by atoms with Gasteiger partial charge in [-0.15, -0.1) is 45.5 Å². The van der Waals surface area contributed by atoms with E-state index in [1.807, 2.05) is 12.1 Å². The lowest BCUT2D eigenvalue weighted by Crippen LogP contribution is -2.40. The van der Waals surface area contributed by atoms with Crippen molar-refractivity contribution in [3.63, 3.8) is 0 Å². The summed E-state index contributed by atoms with van der Waals surface area (Å²) in [6.07, 6.45) is 3.56. The highest BCUT2D eigenvalue weighted by Crippen LogP contribution is 2.11. The summed E-state index contributed by atoms with van der Waals surface area (Å²) in [7, 11) is 1.68. The highest BCUT2D eigenvalue weighted by atomic mass is 127. The van der Waals surface area contributed by atoms with Gasteiger partial charge in [0.05, 0.1) is 13.7 Å². The fourth-order valence-corrected chi connectivity index (χ4v) is 3.51. The SMILES string of the molecule is CCc1nncn1CCNC(=NCc1cccs1)NCCc1ccc(OC)cc1.I. The zero-order valence-corrected chi connectivity index (χ0v) is 20.5. The van der Waals surface area contributed by atoms with Gasteiger partial charge in [-0.3, -0.25) is 0 Å². The molecule has 0 unspecified atom stereocenters. The van der Waals surface area contributed by atoms with E-state index in [0.29, 0.717) is 6.54 Å². The Balaban J connectivity index is 0.00000320. The molecule has 0 atom stereocenters. The van der Waals surface area contributed by atoms with Crippen molar-refractivity contribution in [2.75, 3.05) is 20.2 Å². The predicted octanol–water partition coefficient (Wildman–Crippen LogP) is 3.51. The molecule has 7 nitrogen and oxygen atoms in total. The van der Waals surface area contributed by atoms with Crippen LogP contribution in [0, 0.1) is 0 Å². The van der Waals surface area contributed by atoms with Gasteiger partial charge in [0.25, 0.3) is 0 Å². The second-order valence-electron chi connectivity index (χ2n) is 6.49. The Morgan fingerprint density at radius 3 is 2.67 bits per heavy atom. The monoisotopic (exact) mass is 540 g/mol. The number of aliphatic imine (C=N–C) groups is 1. The van der Waals surface area contributed by atoms with Gasteiger partial charge in [-0.2, -0.15) is 0 Å². The van der Waals surface area contributed by atoms with Crippen LogP contribution < -0.4 is 15.4 Å². The number of methoxy groups -OCH3 is 1. The Hall–Kier alpha value is -2.14. The van der Waals surface area contributed by atoms with Crippen LogP contribution in [-0.4, -0.2) is 40.9 Å². The first kappa shape index (κ1) is 24.1.